The number of nitrogens with zero attached hydrogens (tertiary/aromatic N) is 2. The standard InChI is InChI=1S/C20H33N3O3S/c1-5-23(6-2)27(25,26)19-9-7-8-17(14-19)21-20(24)15-22(4)18-12-10-16(3)11-13-18/h7-9,14,16,18H,5-6,10-13,15H2,1-4H3,(H,21,24). The summed E-state index contributed by atoms with van der Waals surface area (Å²) < 4.78 is 26.7. The highest BCUT2D eigenvalue weighted by atomic mass is 32.2. The van der Waals surface area contributed by atoms with Crippen LogP contribution in [0.15, 0.2) is 29.2 Å². The van der Waals surface area contributed by atoms with Crippen molar-refractivity contribution in [2.24, 2.45) is 5.92 Å². The average molecular weight is 396 g/mol. The summed E-state index contributed by atoms with van der Waals surface area (Å²) in [7, 11) is -1.55. The van der Waals surface area contributed by atoms with Gasteiger partial charge in [-0.05, 0) is 56.8 Å². The third-order valence-electron chi connectivity index (χ3n) is 5.46. The van der Waals surface area contributed by atoms with Crippen molar-refractivity contribution in [3.8, 4) is 0 Å². The molecule has 6 nitrogen and oxygen atoms in total. The van der Waals surface area contributed by atoms with Crippen molar-refractivity contribution in [3.63, 3.8) is 0 Å². The Bertz CT molecular complexity index is 724. The van der Waals surface area contributed by atoms with E-state index in [9.17, 15) is 13.2 Å². The van der Waals surface area contributed by atoms with Crippen molar-refractivity contribution in [1.29, 1.82) is 0 Å². The van der Waals surface area contributed by atoms with E-state index in [0.29, 0.717) is 31.4 Å². The maximum atomic E-state index is 12.6. The third-order valence-corrected chi connectivity index (χ3v) is 7.51. The first kappa shape index (κ1) is 21.9. The van der Waals surface area contributed by atoms with Crippen LogP contribution in [0.1, 0.15) is 46.5 Å². The molecular weight excluding hydrogens is 362 g/mol. The molecule has 0 heterocycles. The van der Waals surface area contributed by atoms with Crippen LogP contribution in [0.4, 0.5) is 5.69 Å². The molecule has 0 spiro atoms. The van der Waals surface area contributed by atoms with Crippen LogP contribution in [-0.4, -0.2) is 56.3 Å². The van der Waals surface area contributed by atoms with Gasteiger partial charge in [0.1, 0.15) is 0 Å². The molecule has 7 heteroatoms. The van der Waals surface area contributed by atoms with E-state index in [4.69, 9.17) is 0 Å². The lowest BCUT2D eigenvalue weighted by Crippen LogP contribution is -2.39. The smallest absolute Gasteiger partial charge is 0.243 e. The summed E-state index contributed by atoms with van der Waals surface area (Å²) in [5.41, 5.74) is 0.513. The summed E-state index contributed by atoms with van der Waals surface area (Å²) in [6.07, 6.45) is 4.68. The fourth-order valence-corrected chi connectivity index (χ4v) is 5.19. The lowest BCUT2D eigenvalue weighted by atomic mass is 9.87. The fraction of sp³-hybridized carbons (Fsp3) is 0.650. The SMILES string of the molecule is CCN(CC)S(=O)(=O)c1cccc(NC(=O)CN(C)C2CCC(C)CC2)c1. The molecule has 1 aliphatic rings. The Morgan fingerprint density at radius 2 is 1.78 bits per heavy atom. The van der Waals surface area contributed by atoms with Gasteiger partial charge in [-0.2, -0.15) is 4.31 Å². The monoisotopic (exact) mass is 395 g/mol. The minimum Gasteiger partial charge on any atom is -0.325 e. The zero-order chi connectivity index (χ0) is 20.0. The molecule has 27 heavy (non-hydrogen) atoms. The molecule has 1 aromatic carbocycles. The number of hydrogen-bond donors (Lipinski definition) is 1. The van der Waals surface area contributed by atoms with Crippen molar-refractivity contribution in [2.45, 2.75) is 57.4 Å². The molecule has 0 aromatic heterocycles. The Morgan fingerprint density at radius 1 is 1.15 bits per heavy atom. The van der Waals surface area contributed by atoms with Crippen LogP contribution in [0.3, 0.4) is 0 Å². The van der Waals surface area contributed by atoms with E-state index in [1.165, 1.54) is 23.2 Å². The largest absolute Gasteiger partial charge is 0.325 e. The van der Waals surface area contributed by atoms with Crippen molar-refractivity contribution in [1.82, 2.24) is 9.21 Å². The summed E-state index contributed by atoms with van der Waals surface area (Å²) >= 11 is 0. The van der Waals surface area contributed by atoms with Crippen LogP contribution in [0, 0.1) is 5.92 Å². The molecule has 1 aromatic rings. The summed E-state index contributed by atoms with van der Waals surface area (Å²) in [4.78, 5) is 14.7. The van der Waals surface area contributed by atoms with E-state index in [-0.39, 0.29) is 10.8 Å². The van der Waals surface area contributed by atoms with Gasteiger partial charge in [0, 0.05) is 24.8 Å². The minimum absolute atomic E-state index is 0.117. The summed E-state index contributed by atoms with van der Waals surface area (Å²) in [5, 5.41) is 2.84. The molecule has 0 bridgehead atoms. The Labute approximate surface area is 164 Å². The van der Waals surface area contributed by atoms with Gasteiger partial charge in [0.15, 0.2) is 0 Å². The predicted molar refractivity (Wildman–Crippen MR) is 109 cm³/mol. The lowest BCUT2D eigenvalue weighted by Gasteiger charge is -2.33. The number of anilines is 1. The number of sulfonamides is 1. The quantitative estimate of drug-likeness (QED) is 0.734. The van der Waals surface area contributed by atoms with E-state index in [1.54, 1.807) is 18.2 Å². The second-order valence-electron chi connectivity index (χ2n) is 7.49. The fourth-order valence-electron chi connectivity index (χ4n) is 3.69. The third kappa shape index (κ3) is 5.77. The van der Waals surface area contributed by atoms with Gasteiger partial charge in [0.25, 0.3) is 0 Å². The van der Waals surface area contributed by atoms with Gasteiger partial charge in [0.05, 0.1) is 11.4 Å². The van der Waals surface area contributed by atoms with Gasteiger partial charge in [-0.3, -0.25) is 9.69 Å². The first-order chi connectivity index (χ1) is 12.8. The van der Waals surface area contributed by atoms with Crippen molar-refractivity contribution >= 4 is 21.6 Å². The van der Waals surface area contributed by atoms with Crippen molar-refractivity contribution in [2.75, 3.05) is 32.0 Å². The summed E-state index contributed by atoms with van der Waals surface area (Å²) in [5.74, 6) is 0.660. The molecule has 0 aliphatic heterocycles. The Balaban J connectivity index is 2.00. The van der Waals surface area contributed by atoms with Gasteiger partial charge in [-0.1, -0.05) is 26.8 Å². The molecule has 0 saturated heterocycles. The van der Waals surface area contributed by atoms with Gasteiger partial charge < -0.3 is 5.32 Å². The second kappa shape index (κ2) is 9.66. The maximum absolute atomic E-state index is 12.6. The minimum atomic E-state index is -3.53. The molecule has 0 radical (unpaired) electrons. The summed E-state index contributed by atoms with van der Waals surface area (Å²) in [6.45, 7) is 7.05. The zero-order valence-corrected chi connectivity index (χ0v) is 17.8. The van der Waals surface area contributed by atoms with Crippen LogP contribution in [0.25, 0.3) is 0 Å². The van der Waals surface area contributed by atoms with Crippen LogP contribution in [0.2, 0.25) is 0 Å². The molecule has 1 N–H and O–H groups in total. The second-order valence-corrected chi connectivity index (χ2v) is 9.43. The number of hydrogen-bond acceptors (Lipinski definition) is 4. The maximum Gasteiger partial charge on any atom is 0.243 e. The van der Waals surface area contributed by atoms with Gasteiger partial charge in [-0.25, -0.2) is 8.42 Å². The first-order valence-corrected chi connectivity index (χ1v) is 11.3. The molecule has 1 aliphatic carbocycles. The number of rotatable bonds is 8. The molecule has 1 fully saturated rings. The Morgan fingerprint density at radius 3 is 2.37 bits per heavy atom. The van der Waals surface area contributed by atoms with E-state index in [0.717, 1.165) is 18.8 Å². The zero-order valence-electron chi connectivity index (χ0n) is 16.9. The molecule has 0 atom stereocenters. The van der Waals surface area contributed by atoms with E-state index >= 15 is 0 Å². The highest BCUT2D eigenvalue weighted by molar-refractivity contribution is 7.89. The van der Waals surface area contributed by atoms with Gasteiger partial charge >= 0.3 is 0 Å². The van der Waals surface area contributed by atoms with Crippen molar-refractivity contribution < 1.29 is 13.2 Å². The lowest BCUT2D eigenvalue weighted by molar-refractivity contribution is -0.117. The van der Waals surface area contributed by atoms with Crippen LogP contribution in [-0.2, 0) is 14.8 Å². The van der Waals surface area contributed by atoms with E-state index in [2.05, 4.69) is 17.1 Å². The van der Waals surface area contributed by atoms with Crippen LogP contribution >= 0.6 is 0 Å². The Hall–Kier alpha value is -1.44. The number of amides is 1. The number of likely N-dealkylation sites (N-methyl/N-ethyl adjacent to an activating group) is 1. The number of benzene rings is 1. The normalized spacial score (nSPS) is 20.8. The van der Waals surface area contributed by atoms with E-state index in [1.807, 2.05) is 20.9 Å². The van der Waals surface area contributed by atoms with E-state index < -0.39 is 10.0 Å². The van der Waals surface area contributed by atoms with Gasteiger partial charge in [-0.15, -0.1) is 0 Å². The molecule has 1 saturated carbocycles. The van der Waals surface area contributed by atoms with Crippen molar-refractivity contribution in [3.05, 3.63) is 24.3 Å². The molecule has 152 valence electrons. The van der Waals surface area contributed by atoms with Crippen LogP contribution in [0.5, 0.6) is 0 Å². The topological polar surface area (TPSA) is 69.7 Å². The van der Waals surface area contributed by atoms with Gasteiger partial charge in [0.2, 0.25) is 15.9 Å². The highest BCUT2D eigenvalue weighted by Gasteiger charge is 2.24. The molecule has 2 rings (SSSR count). The number of carbonyl (C=O) groups is 1. The summed E-state index contributed by atoms with van der Waals surface area (Å²) in [6, 6.07) is 6.94. The molecular formula is C20H33N3O3S. The predicted octanol–water partition coefficient (Wildman–Crippen LogP) is 3.17. The number of nitrogens with one attached hydrogen (secondary N) is 1. The first-order valence-electron chi connectivity index (χ1n) is 9.88. The Kier molecular flexibility index (Phi) is 7.82. The average Bonchev–Trinajstić information content (AvgIpc) is 2.63. The van der Waals surface area contributed by atoms with Crippen LogP contribution < -0.4 is 5.32 Å². The number of carbonyl (C=O) groups excluding carboxylic acids is 1. The molecule has 0 unspecified atom stereocenters. The molecule has 1 amide bonds. The highest BCUT2D eigenvalue weighted by Crippen LogP contribution is 2.26.